The van der Waals surface area contributed by atoms with Gasteiger partial charge in [0.05, 0.1) is 43.4 Å². The van der Waals surface area contributed by atoms with Crippen LogP contribution in [0.2, 0.25) is 0 Å². The second-order valence-corrected chi connectivity index (χ2v) is 9.25. The minimum Gasteiger partial charge on any atom is -0.493 e. The molecule has 1 aliphatic rings. The summed E-state index contributed by atoms with van der Waals surface area (Å²) < 4.78 is 13.0. The Morgan fingerprint density at radius 2 is 1.88 bits per heavy atom. The SMILES string of the molecule is CCOc1cc(C(CC#N)N2C(=O)c3cccc(NCC(CI)CI)c3C2=O)ccc1OC. The van der Waals surface area contributed by atoms with Gasteiger partial charge in [-0.2, -0.15) is 5.26 Å². The summed E-state index contributed by atoms with van der Waals surface area (Å²) in [6, 6.07) is 11.9. The van der Waals surface area contributed by atoms with Gasteiger partial charge in [0.15, 0.2) is 11.5 Å². The van der Waals surface area contributed by atoms with Crippen molar-refractivity contribution in [1.29, 1.82) is 5.26 Å². The van der Waals surface area contributed by atoms with Crippen LogP contribution in [0, 0.1) is 17.2 Å². The molecule has 0 bridgehead atoms. The summed E-state index contributed by atoms with van der Waals surface area (Å²) in [5, 5.41) is 12.9. The second kappa shape index (κ2) is 11.9. The van der Waals surface area contributed by atoms with E-state index in [4.69, 9.17) is 9.47 Å². The van der Waals surface area contributed by atoms with Gasteiger partial charge in [-0.25, -0.2) is 0 Å². The highest BCUT2D eigenvalue weighted by Gasteiger charge is 2.42. The first kappa shape index (κ1) is 25.6. The quantitative estimate of drug-likeness (QED) is 0.200. The lowest BCUT2D eigenvalue weighted by molar-refractivity contribution is 0.0584. The van der Waals surface area contributed by atoms with Gasteiger partial charge >= 0.3 is 0 Å². The van der Waals surface area contributed by atoms with E-state index in [9.17, 15) is 14.9 Å². The van der Waals surface area contributed by atoms with Crippen molar-refractivity contribution in [2.75, 3.05) is 34.4 Å². The Morgan fingerprint density at radius 3 is 2.52 bits per heavy atom. The van der Waals surface area contributed by atoms with Gasteiger partial charge < -0.3 is 14.8 Å². The van der Waals surface area contributed by atoms with E-state index in [0.29, 0.717) is 52.9 Å². The molecular weight excluding hydrogens is 648 g/mol. The number of benzene rings is 2. The van der Waals surface area contributed by atoms with E-state index in [2.05, 4.69) is 56.6 Å². The first-order chi connectivity index (χ1) is 16.0. The summed E-state index contributed by atoms with van der Waals surface area (Å²) in [5.41, 5.74) is 2.00. The lowest BCUT2D eigenvalue weighted by atomic mass is 10.0. The van der Waals surface area contributed by atoms with Crippen LogP contribution in [0.25, 0.3) is 0 Å². The Balaban J connectivity index is 1.98. The van der Waals surface area contributed by atoms with Crippen molar-refractivity contribution >= 4 is 62.7 Å². The van der Waals surface area contributed by atoms with Crippen molar-refractivity contribution in [3.63, 3.8) is 0 Å². The van der Waals surface area contributed by atoms with Gasteiger partial charge in [-0.3, -0.25) is 14.5 Å². The maximum Gasteiger partial charge on any atom is 0.264 e. The summed E-state index contributed by atoms with van der Waals surface area (Å²) in [4.78, 5) is 28.1. The lowest BCUT2D eigenvalue weighted by Crippen LogP contribution is -2.34. The number of alkyl halides is 2. The summed E-state index contributed by atoms with van der Waals surface area (Å²) in [5.74, 6) is 0.709. The standard InChI is InChI=1S/C24H25I2N3O4/c1-3-33-21-11-16(7-8-20(21)32-2)19(9-10-27)29-23(30)17-5-4-6-18(22(17)24(29)31)28-14-15(12-25)13-26/h4-8,11,15,19,28H,3,9,12-14H2,1-2H3. The van der Waals surface area contributed by atoms with Crippen molar-refractivity contribution < 1.29 is 19.1 Å². The molecule has 7 nitrogen and oxygen atoms in total. The Kier molecular flexibility index (Phi) is 9.19. The Hall–Kier alpha value is -2.07. The number of halogens is 2. The number of nitrogens with one attached hydrogen (secondary N) is 1. The number of rotatable bonds is 11. The summed E-state index contributed by atoms with van der Waals surface area (Å²) in [7, 11) is 1.55. The topological polar surface area (TPSA) is 91.7 Å². The predicted molar refractivity (Wildman–Crippen MR) is 144 cm³/mol. The average molecular weight is 673 g/mol. The van der Waals surface area contributed by atoms with Crippen molar-refractivity contribution in [3.8, 4) is 17.6 Å². The fraction of sp³-hybridized carbons (Fsp3) is 0.375. The molecule has 3 rings (SSSR count). The van der Waals surface area contributed by atoms with E-state index in [1.807, 2.05) is 13.0 Å². The molecule has 2 aromatic rings. The number of carbonyl (C=O) groups excluding carboxylic acids is 2. The van der Waals surface area contributed by atoms with Crippen LogP contribution >= 0.6 is 45.2 Å². The maximum atomic E-state index is 13.5. The van der Waals surface area contributed by atoms with Gasteiger partial charge in [-0.05, 0) is 42.7 Å². The van der Waals surface area contributed by atoms with Crippen molar-refractivity contribution in [2.24, 2.45) is 5.92 Å². The molecule has 2 aromatic carbocycles. The van der Waals surface area contributed by atoms with Gasteiger partial charge in [0.25, 0.3) is 11.8 Å². The molecule has 0 aliphatic carbocycles. The number of fused-ring (bicyclic) bond motifs is 1. The third kappa shape index (κ3) is 5.37. The van der Waals surface area contributed by atoms with E-state index in [-0.39, 0.29) is 6.42 Å². The normalized spacial score (nSPS) is 13.6. The Bertz CT molecular complexity index is 1070. The number of carbonyl (C=O) groups is 2. The second-order valence-electron chi connectivity index (χ2n) is 7.49. The highest BCUT2D eigenvalue weighted by molar-refractivity contribution is 14.1. The Morgan fingerprint density at radius 1 is 1.12 bits per heavy atom. The number of ether oxygens (including phenoxy) is 2. The molecule has 174 valence electrons. The highest BCUT2D eigenvalue weighted by atomic mass is 127. The number of amides is 2. The van der Waals surface area contributed by atoms with E-state index < -0.39 is 17.9 Å². The van der Waals surface area contributed by atoms with Crippen LogP contribution in [0.1, 0.15) is 45.7 Å². The molecule has 0 saturated heterocycles. The fourth-order valence-electron chi connectivity index (χ4n) is 3.75. The van der Waals surface area contributed by atoms with Gasteiger partial charge in [-0.15, -0.1) is 0 Å². The van der Waals surface area contributed by atoms with Crippen LogP contribution < -0.4 is 14.8 Å². The zero-order chi connectivity index (χ0) is 24.0. The third-order valence-corrected chi connectivity index (χ3v) is 7.92. The zero-order valence-electron chi connectivity index (χ0n) is 18.4. The predicted octanol–water partition coefficient (Wildman–Crippen LogP) is 5.24. The first-order valence-corrected chi connectivity index (χ1v) is 13.6. The van der Waals surface area contributed by atoms with E-state index >= 15 is 0 Å². The van der Waals surface area contributed by atoms with Crippen LogP contribution in [-0.2, 0) is 0 Å². The Labute approximate surface area is 221 Å². The van der Waals surface area contributed by atoms with Crippen LogP contribution in [0.3, 0.4) is 0 Å². The smallest absolute Gasteiger partial charge is 0.264 e. The molecule has 0 aromatic heterocycles. The highest BCUT2D eigenvalue weighted by Crippen LogP contribution is 2.39. The summed E-state index contributed by atoms with van der Waals surface area (Å²) in [6.45, 7) is 3.00. The number of anilines is 1. The van der Waals surface area contributed by atoms with Crippen molar-refractivity contribution in [3.05, 3.63) is 53.1 Å². The van der Waals surface area contributed by atoms with Gasteiger partial charge in [0.2, 0.25) is 0 Å². The minimum atomic E-state index is -0.739. The molecular formula is C24H25I2N3O4. The monoisotopic (exact) mass is 673 g/mol. The number of nitrogens with zero attached hydrogens (tertiary/aromatic N) is 2. The average Bonchev–Trinajstić information content (AvgIpc) is 3.09. The number of nitriles is 1. The first-order valence-electron chi connectivity index (χ1n) is 10.5. The molecule has 33 heavy (non-hydrogen) atoms. The van der Waals surface area contributed by atoms with E-state index in [1.165, 1.54) is 4.90 Å². The molecule has 0 spiro atoms. The molecule has 1 N–H and O–H groups in total. The molecule has 1 atom stereocenters. The number of methoxy groups -OCH3 is 1. The van der Waals surface area contributed by atoms with Crippen molar-refractivity contribution in [2.45, 2.75) is 19.4 Å². The van der Waals surface area contributed by atoms with Crippen LogP contribution in [0.5, 0.6) is 11.5 Å². The lowest BCUT2D eigenvalue weighted by Gasteiger charge is -2.25. The summed E-state index contributed by atoms with van der Waals surface area (Å²) in [6.07, 6.45) is -0.0299. The fourth-order valence-corrected chi connectivity index (χ4v) is 6.19. The van der Waals surface area contributed by atoms with Crippen LogP contribution in [0.4, 0.5) is 5.69 Å². The van der Waals surface area contributed by atoms with Gasteiger partial charge in [-0.1, -0.05) is 57.3 Å². The summed E-state index contributed by atoms with van der Waals surface area (Å²) >= 11 is 4.71. The van der Waals surface area contributed by atoms with Gasteiger partial charge in [0.1, 0.15) is 0 Å². The maximum absolute atomic E-state index is 13.5. The molecule has 1 aliphatic heterocycles. The molecule has 0 radical (unpaired) electrons. The molecule has 1 heterocycles. The van der Waals surface area contributed by atoms with E-state index in [1.54, 1.807) is 37.4 Å². The number of hydrogen-bond donors (Lipinski definition) is 1. The largest absolute Gasteiger partial charge is 0.493 e. The zero-order valence-corrected chi connectivity index (χ0v) is 22.8. The molecule has 9 heteroatoms. The van der Waals surface area contributed by atoms with E-state index in [0.717, 1.165) is 8.86 Å². The van der Waals surface area contributed by atoms with Crippen LogP contribution in [-0.4, -0.2) is 45.8 Å². The molecule has 0 fully saturated rings. The molecule has 2 amide bonds. The molecule has 0 saturated carbocycles. The van der Waals surface area contributed by atoms with Crippen LogP contribution in [0.15, 0.2) is 36.4 Å². The number of imide groups is 1. The molecule has 1 unspecified atom stereocenters. The third-order valence-electron chi connectivity index (χ3n) is 5.43. The minimum absolute atomic E-state index is 0.0299. The van der Waals surface area contributed by atoms with Crippen molar-refractivity contribution in [1.82, 2.24) is 4.90 Å². The number of hydrogen-bond acceptors (Lipinski definition) is 6. The van der Waals surface area contributed by atoms with Gasteiger partial charge in [0, 0.05) is 21.1 Å².